The molecule has 22 heavy (non-hydrogen) atoms. The Hall–Kier alpha value is -0.730. The first kappa shape index (κ1) is 17.6. The number of hydrogen-bond donors (Lipinski definition) is 0. The van der Waals surface area contributed by atoms with Crippen LogP contribution >= 0.6 is 16.3 Å². The molecule has 0 aromatic heterocycles. The van der Waals surface area contributed by atoms with E-state index in [0.717, 1.165) is 0 Å². The van der Waals surface area contributed by atoms with Crippen LogP contribution in [0, 0.1) is 5.41 Å². The Labute approximate surface area is 134 Å². The molecule has 2 unspecified atom stereocenters. The van der Waals surface area contributed by atoms with Crippen LogP contribution < -0.4 is 4.74 Å². The molecule has 2 atom stereocenters. The average molecular weight is 346 g/mol. The van der Waals surface area contributed by atoms with Crippen LogP contribution in [0.3, 0.4) is 0 Å². The van der Waals surface area contributed by atoms with Crippen molar-refractivity contribution in [3.63, 3.8) is 0 Å². The van der Waals surface area contributed by atoms with E-state index in [2.05, 4.69) is 22.8 Å². The van der Waals surface area contributed by atoms with E-state index in [4.69, 9.17) is 18.5 Å². The summed E-state index contributed by atoms with van der Waals surface area (Å²) in [4.78, 5) is 11.9. The summed E-state index contributed by atoms with van der Waals surface area (Å²) in [6.07, 6.45) is 0. The molecule has 0 radical (unpaired) electrons. The van der Waals surface area contributed by atoms with Crippen molar-refractivity contribution >= 4 is 22.3 Å². The first-order valence-electron chi connectivity index (χ1n) is 7.25. The number of ether oxygens (including phenoxy) is 2. The van der Waals surface area contributed by atoms with E-state index in [9.17, 15) is 4.79 Å². The van der Waals surface area contributed by atoms with Crippen LogP contribution in [-0.2, 0) is 18.6 Å². The summed E-state index contributed by atoms with van der Waals surface area (Å²) in [6, 6.07) is 9.16. The third kappa shape index (κ3) is 4.89. The average Bonchev–Trinajstić information content (AvgIpc) is 2.49. The van der Waals surface area contributed by atoms with E-state index in [1.165, 1.54) is 0 Å². The summed E-state index contributed by atoms with van der Waals surface area (Å²) >= 11 is 0. The van der Waals surface area contributed by atoms with Crippen molar-refractivity contribution in [2.45, 2.75) is 26.6 Å². The Bertz CT molecular complexity index is 496. The van der Waals surface area contributed by atoms with Gasteiger partial charge in [-0.15, -0.1) is 0 Å². The zero-order valence-electron chi connectivity index (χ0n) is 13.2. The van der Waals surface area contributed by atoms with Gasteiger partial charge in [0.05, 0.1) is 0 Å². The molecular formula is C15H24O5P2. The van der Waals surface area contributed by atoms with Crippen molar-refractivity contribution in [2.75, 3.05) is 19.8 Å². The van der Waals surface area contributed by atoms with Gasteiger partial charge in [0.25, 0.3) is 0 Å². The summed E-state index contributed by atoms with van der Waals surface area (Å²) in [6.45, 7) is 7.04. The zero-order chi connectivity index (χ0) is 16.2. The molecule has 0 N–H and O–H groups in total. The first-order chi connectivity index (χ1) is 10.3. The van der Waals surface area contributed by atoms with E-state index in [0.29, 0.717) is 19.0 Å². The van der Waals surface area contributed by atoms with Gasteiger partial charge in [-0.05, 0) is 0 Å². The van der Waals surface area contributed by atoms with Gasteiger partial charge in [0.2, 0.25) is 0 Å². The molecule has 1 aromatic rings. The number of benzene rings is 1. The number of para-hydroxylation sites is 1. The summed E-state index contributed by atoms with van der Waals surface area (Å²) in [5.74, 6) is -0.208. The molecule has 0 aliphatic carbocycles. The standard InChI is InChI=1S/C15H24O5P2/c1-12(22(21)18-10-15(2,3)11-19-22)20-14(16)9-17-13-7-5-4-6-8-13/h4-8,12,22H,9-11,21H2,1-3H3. The maximum atomic E-state index is 11.9. The van der Waals surface area contributed by atoms with E-state index < -0.39 is 19.2 Å². The molecule has 7 heteroatoms. The topological polar surface area (TPSA) is 54.0 Å². The third-order valence-electron chi connectivity index (χ3n) is 3.35. The molecule has 0 spiro atoms. The Morgan fingerprint density at radius 3 is 2.50 bits per heavy atom. The second-order valence-electron chi connectivity index (χ2n) is 6.20. The van der Waals surface area contributed by atoms with Gasteiger partial charge in [-0.1, -0.05) is 0 Å². The maximum absolute atomic E-state index is 11.9. The fourth-order valence-electron chi connectivity index (χ4n) is 1.91. The second kappa shape index (κ2) is 7.23. The SMILES string of the molecule is CC(OC(=O)COc1ccccc1)[PH]1(P)OCC(C)(C)CO1. The molecule has 1 aliphatic rings. The van der Waals surface area contributed by atoms with Crippen molar-refractivity contribution in [1.29, 1.82) is 0 Å². The summed E-state index contributed by atoms with van der Waals surface area (Å²) in [5.41, 5.74) is -0.00673. The van der Waals surface area contributed by atoms with Gasteiger partial charge < -0.3 is 0 Å². The Balaban J connectivity index is 1.81. The van der Waals surface area contributed by atoms with E-state index in [1.54, 1.807) is 19.1 Å². The van der Waals surface area contributed by atoms with Crippen molar-refractivity contribution in [3.8, 4) is 5.75 Å². The van der Waals surface area contributed by atoms with Gasteiger partial charge in [-0.3, -0.25) is 0 Å². The van der Waals surface area contributed by atoms with Crippen molar-refractivity contribution in [2.24, 2.45) is 5.41 Å². The summed E-state index contributed by atoms with van der Waals surface area (Å²) < 4.78 is 22.5. The molecule has 1 aliphatic heterocycles. The summed E-state index contributed by atoms with van der Waals surface area (Å²) in [5, 5.41) is 0. The normalized spacial score (nSPS) is 22.4. The molecular weight excluding hydrogens is 322 g/mol. The van der Waals surface area contributed by atoms with E-state index in [-0.39, 0.29) is 12.0 Å². The molecule has 0 saturated carbocycles. The Morgan fingerprint density at radius 2 is 1.91 bits per heavy atom. The van der Waals surface area contributed by atoms with Crippen molar-refractivity contribution < 1.29 is 23.3 Å². The van der Waals surface area contributed by atoms with Gasteiger partial charge >= 0.3 is 134 Å². The van der Waals surface area contributed by atoms with Crippen LogP contribution in [0.25, 0.3) is 0 Å². The molecule has 1 heterocycles. The number of esters is 1. The van der Waals surface area contributed by atoms with Crippen LogP contribution in [0.2, 0.25) is 0 Å². The quantitative estimate of drug-likeness (QED) is 0.604. The van der Waals surface area contributed by atoms with Crippen LogP contribution in [0.4, 0.5) is 0 Å². The zero-order valence-corrected chi connectivity index (χ0v) is 15.4. The van der Waals surface area contributed by atoms with E-state index in [1.807, 2.05) is 18.2 Å². The fourth-order valence-corrected chi connectivity index (χ4v) is 4.69. The molecule has 0 amide bonds. The minimum absolute atomic E-state index is 0.00673. The van der Waals surface area contributed by atoms with Gasteiger partial charge in [-0.2, -0.15) is 0 Å². The summed E-state index contributed by atoms with van der Waals surface area (Å²) in [7, 11) is 0.0515. The van der Waals surface area contributed by atoms with Crippen molar-refractivity contribution in [3.05, 3.63) is 30.3 Å². The molecule has 1 saturated heterocycles. The number of carbonyl (C=O) groups is 1. The van der Waals surface area contributed by atoms with Crippen LogP contribution in [0.15, 0.2) is 30.3 Å². The van der Waals surface area contributed by atoms with Gasteiger partial charge in [-0.25, -0.2) is 0 Å². The van der Waals surface area contributed by atoms with Crippen LogP contribution in [0.1, 0.15) is 20.8 Å². The monoisotopic (exact) mass is 346 g/mol. The van der Waals surface area contributed by atoms with Gasteiger partial charge in [0.15, 0.2) is 0 Å². The van der Waals surface area contributed by atoms with Crippen LogP contribution in [-0.4, -0.2) is 31.6 Å². The van der Waals surface area contributed by atoms with Gasteiger partial charge in [0.1, 0.15) is 0 Å². The molecule has 1 fully saturated rings. The first-order valence-corrected chi connectivity index (χ1v) is 11.0. The molecule has 1 aromatic carbocycles. The Kier molecular flexibility index (Phi) is 5.79. The predicted molar refractivity (Wildman–Crippen MR) is 91.2 cm³/mol. The molecule has 124 valence electrons. The fraction of sp³-hybridized carbons (Fsp3) is 0.533. The predicted octanol–water partition coefficient (Wildman–Crippen LogP) is 3.40. The Morgan fingerprint density at radius 1 is 1.32 bits per heavy atom. The molecule has 5 nitrogen and oxygen atoms in total. The minimum atomic E-state index is -2.58. The third-order valence-corrected chi connectivity index (χ3v) is 8.20. The number of carbonyl (C=O) groups excluding carboxylic acids is 1. The number of rotatable bonds is 5. The second-order valence-corrected chi connectivity index (χ2v) is 11.4. The van der Waals surface area contributed by atoms with Gasteiger partial charge in [0, 0.05) is 0 Å². The molecule has 2 rings (SSSR count). The van der Waals surface area contributed by atoms with E-state index >= 15 is 0 Å². The van der Waals surface area contributed by atoms with Crippen LogP contribution in [0.5, 0.6) is 5.75 Å². The van der Waals surface area contributed by atoms with Crippen molar-refractivity contribution in [1.82, 2.24) is 0 Å². The molecule has 0 bridgehead atoms. The number of hydrogen-bond acceptors (Lipinski definition) is 5.